The molecule has 1 N–H and O–H groups in total. The number of hydrogen-bond acceptors (Lipinski definition) is 5. The van der Waals surface area contributed by atoms with Gasteiger partial charge in [-0.1, -0.05) is 30.3 Å². The van der Waals surface area contributed by atoms with Crippen LogP contribution in [0.4, 0.5) is 0 Å². The molecule has 8 heteroatoms. The standard InChI is InChI=1S/C21H29N5O2S/c1-16(2)29(27,28)21-22-13-20(15-25(4)14-19-12-17(3)23-24-19)26(21)11-10-18-8-6-5-7-9-18/h5-9,12-13,16H,10-11,14-15H2,1-4H3,(H,23,24). The van der Waals surface area contributed by atoms with Gasteiger partial charge in [0.05, 0.1) is 22.8 Å². The Kier molecular flexibility index (Phi) is 6.54. The Balaban J connectivity index is 1.84. The van der Waals surface area contributed by atoms with Crippen LogP contribution in [0.25, 0.3) is 0 Å². The first-order chi connectivity index (χ1) is 13.8. The monoisotopic (exact) mass is 415 g/mol. The maximum atomic E-state index is 12.8. The summed E-state index contributed by atoms with van der Waals surface area (Å²) in [5, 5.41) is 6.87. The molecule has 0 fully saturated rings. The third-order valence-electron chi connectivity index (χ3n) is 4.87. The van der Waals surface area contributed by atoms with Crippen molar-refractivity contribution in [2.45, 2.75) is 57.2 Å². The summed E-state index contributed by atoms with van der Waals surface area (Å²) < 4.78 is 27.5. The first kappa shape index (κ1) is 21.3. The average Bonchev–Trinajstić information content (AvgIpc) is 3.27. The number of H-pyrrole nitrogens is 1. The lowest BCUT2D eigenvalue weighted by Crippen LogP contribution is -2.23. The van der Waals surface area contributed by atoms with Gasteiger partial charge in [0.25, 0.3) is 0 Å². The Labute approximate surface area is 172 Å². The summed E-state index contributed by atoms with van der Waals surface area (Å²) in [6, 6.07) is 12.1. The zero-order valence-corrected chi connectivity index (χ0v) is 18.3. The van der Waals surface area contributed by atoms with Crippen molar-refractivity contribution in [3.8, 4) is 0 Å². The van der Waals surface area contributed by atoms with Crippen LogP contribution < -0.4 is 0 Å². The fourth-order valence-corrected chi connectivity index (χ4v) is 4.38. The predicted molar refractivity (Wildman–Crippen MR) is 113 cm³/mol. The van der Waals surface area contributed by atoms with E-state index in [0.29, 0.717) is 19.6 Å². The molecule has 0 saturated carbocycles. The number of aromatic amines is 1. The smallest absolute Gasteiger partial charge is 0.228 e. The molecule has 156 valence electrons. The van der Waals surface area contributed by atoms with Gasteiger partial charge in [-0.05, 0) is 45.9 Å². The minimum atomic E-state index is -3.47. The van der Waals surface area contributed by atoms with E-state index in [1.165, 1.54) is 5.56 Å². The second-order valence-electron chi connectivity index (χ2n) is 7.73. The van der Waals surface area contributed by atoms with Crippen molar-refractivity contribution in [1.82, 2.24) is 24.6 Å². The molecule has 2 aromatic heterocycles. The van der Waals surface area contributed by atoms with Crippen LogP contribution in [0.2, 0.25) is 0 Å². The molecule has 2 heterocycles. The highest BCUT2D eigenvalue weighted by atomic mass is 32.2. The molecule has 0 spiro atoms. The molecule has 0 saturated heterocycles. The van der Waals surface area contributed by atoms with Gasteiger partial charge in [-0.25, -0.2) is 13.4 Å². The van der Waals surface area contributed by atoms with Crippen molar-refractivity contribution in [2.24, 2.45) is 0 Å². The van der Waals surface area contributed by atoms with Gasteiger partial charge in [-0.2, -0.15) is 5.10 Å². The lowest BCUT2D eigenvalue weighted by molar-refractivity contribution is 0.304. The molecule has 29 heavy (non-hydrogen) atoms. The van der Waals surface area contributed by atoms with Crippen LogP contribution in [0.3, 0.4) is 0 Å². The summed E-state index contributed by atoms with van der Waals surface area (Å²) in [7, 11) is -1.47. The van der Waals surface area contributed by atoms with Crippen molar-refractivity contribution in [3.05, 3.63) is 65.2 Å². The van der Waals surface area contributed by atoms with Gasteiger partial charge in [0.15, 0.2) is 0 Å². The molecule has 3 aromatic rings. The Morgan fingerprint density at radius 3 is 2.52 bits per heavy atom. The minimum Gasteiger partial charge on any atom is -0.317 e. The number of sulfone groups is 1. The second-order valence-corrected chi connectivity index (χ2v) is 10.1. The molecule has 0 radical (unpaired) electrons. The van der Waals surface area contributed by atoms with E-state index in [-0.39, 0.29) is 5.16 Å². The first-order valence-corrected chi connectivity index (χ1v) is 11.3. The van der Waals surface area contributed by atoms with Crippen molar-refractivity contribution in [2.75, 3.05) is 7.05 Å². The topological polar surface area (TPSA) is 83.9 Å². The van der Waals surface area contributed by atoms with E-state index in [4.69, 9.17) is 0 Å². The van der Waals surface area contributed by atoms with E-state index in [0.717, 1.165) is 23.5 Å². The van der Waals surface area contributed by atoms with E-state index >= 15 is 0 Å². The van der Waals surface area contributed by atoms with E-state index in [2.05, 4.69) is 32.2 Å². The third kappa shape index (κ3) is 5.13. The highest BCUT2D eigenvalue weighted by Crippen LogP contribution is 2.19. The molecule has 0 aliphatic rings. The largest absolute Gasteiger partial charge is 0.317 e. The molecule has 0 amide bonds. The van der Waals surface area contributed by atoms with Crippen molar-refractivity contribution >= 4 is 9.84 Å². The highest BCUT2D eigenvalue weighted by molar-refractivity contribution is 7.91. The summed E-state index contributed by atoms with van der Waals surface area (Å²) in [6.07, 6.45) is 2.43. The third-order valence-corrected chi connectivity index (χ3v) is 6.94. The molecule has 0 bridgehead atoms. The van der Waals surface area contributed by atoms with E-state index in [9.17, 15) is 8.42 Å². The molecular weight excluding hydrogens is 386 g/mol. The van der Waals surface area contributed by atoms with Gasteiger partial charge in [-0.3, -0.25) is 10.00 Å². The number of imidazole rings is 1. The SMILES string of the molecule is Cc1cc(CN(C)Cc2cnc(S(=O)(=O)C(C)C)n2CCc2ccccc2)n[nH]1. The van der Waals surface area contributed by atoms with E-state index in [1.807, 2.05) is 42.8 Å². The Hall–Kier alpha value is -2.45. The maximum absolute atomic E-state index is 12.8. The lowest BCUT2D eigenvalue weighted by Gasteiger charge is -2.18. The lowest BCUT2D eigenvalue weighted by atomic mass is 10.1. The average molecular weight is 416 g/mol. The first-order valence-electron chi connectivity index (χ1n) is 9.79. The van der Waals surface area contributed by atoms with Crippen molar-refractivity contribution in [1.29, 1.82) is 0 Å². The number of benzene rings is 1. The highest BCUT2D eigenvalue weighted by Gasteiger charge is 2.27. The molecule has 0 unspecified atom stereocenters. The van der Waals surface area contributed by atoms with Crippen LogP contribution in [-0.4, -0.2) is 45.4 Å². The van der Waals surface area contributed by atoms with Gasteiger partial charge in [0, 0.05) is 25.3 Å². The zero-order valence-electron chi connectivity index (χ0n) is 17.5. The van der Waals surface area contributed by atoms with Crippen LogP contribution in [0, 0.1) is 6.92 Å². The Morgan fingerprint density at radius 1 is 1.17 bits per heavy atom. The van der Waals surface area contributed by atoms with Crippen LogP contribution >= 0.6 is 0 Å². The number of hydrogen-bond donors (Lipinski definition) is 1. The van der Waals surface area contributed by atoms with Crippen molar-refractivity contribution < 1.29 is 8.42 Å². The fourth-order valence-electron chi connectivity index (χ4n) is 3.25. The summed E-state index contributed by atoms with van der Waals surface area (Å²) in [4.78, 5) is 6.42. The van der Waals surface area contributed by atoms with Crippen LogP contribution in [-0.2, 0) is 35.9 Å². The minimum absolute atomic E-state index is 0.155. The zero-order chi connectivity index (χ0) is 21.0. The number of aryl methyl sites for hydroxylation is 2. The van der Waals surface area contributed by atoms with Crippen molar-refractivity contribution in [3.63, 3.8) is 0 Å². The molecular formula is C21H29N5O2S. The Morgan fingerprint density at radius 2 is 1.90 bits per heavy atom. The normalized spacial score (nSPS) is 12.2. The number of nitrogens with one attached hydrogen (secondary N) is 1. The molecule has 0 aliphatic carbocycles. The quantitative estimate of drug-likeness (QED) is 0.581. The van der Waals surface area contributed by atoms with Gasteiger partial charge >= 0.3 is 0 Å². The summed E-state index contributed by atoms with van der Waals surface area (Å²) >= 11 is 0. The Bertz CT molecular complexity index is 1040. The summed E-state index contributed by atoms with van der Waals surface area (Å²) in [6.45, 7) is 7.17. The number of nitrogens with zero attached hydrogens (tertiary/aromatic N) is 4. The summed E-state index contributed by atoms with van der Waals surface area (Å²) in [5.74, 6) is 0. The molecule has 0 atom stereocenters. The van der Waals surface area contributed by atoms with E-state index in [1.54, 1.807) is 20.0 Å². The van der Waals surface area contributed by atoms with E-state index < -0.39 is 15.1 Å². The van der Waals surface area contributed by atoms with Gasteiger partial charge < -0.3 is 4.57 Å². The summed E-state index contributed by atoms with van der Waals surface area (Å²) in [5.41, 5.74) is 4.03. The van der Waals surface area contributed by atoms with Gasteiger partial charge in [0.1, 0.15) is 0 Å². The molecule has 7 nitrogen and oxygen atoms in total. The van der Waals surface area contributed by atoms with Crippen LogP contribution in [0.5, 0.6) is 0 Å². The second kappa shape index (κ2) is 8.92. The molecule has 0 aliphatic heterocycles. The van der Waals surface area contributed by atoms with Gasteiger partial charge in [-0.15, -0.1) is 0 Å². The van der Waals surface area contributed by atoms with Crippen LogP contribution in [0.15, 0.2) is 47.8 Å². The van der Waals surface area contributed by atoms with Crippen LogP contribution in [0.1, 0.15) is 36.5 Å². The molecule has 3 rings (SSSR count). The maximum Gasteiger partial charge on any atom is 0.228 e. The number of aromatic nitrogens is 4. The predicted octanol–water partition coefficient (Wildman–Crippen LogP) is 2.97. The fraction of sp³-hybridized carbons (Fsp3) is 0.429. The van der Waals surface area contributed by atoms with Gasteiger partial charge in [0.2, 0.25) is 15.0 Å². The number of rotatable bonds is 9. The molecule has 1 aromatic carbocycles.